The molecule has 22 heavy (non-hydrogen) atoms. The van der Waals surface area contributed by atoms with Crippen LogP contribution in [-0.4, -0.2) is 62.1 Å². The number of sulfonamides is 1. The van der Waals surface area contributed by atoms with E-state index in [0.717, 1.165) is 51.1 Å². The number of aliphatic imine (C=N–C) groups is 1. The van der Waals surface area contributed by atoms with E-state index in [-0.39, 0.29) is 30.0 Å². The molecular formula is C14H29IN4O2S. The van der Waals surface area contributed by atoms with Gasteiger partial charge in [0.25, 0.3) is 0 Å². The van der Waals surface area contributed by atoms with Crippen molar-refractivity contribution in [1.29, 1.82) is 0 Å². The van der Waals surface area contributed by atoms with Gasteiger partial charge in [0.2, 0.25) is 10.0 Å². The molecule has 0 radical (unpaired) electrons. The second-order valence-corrected chi connectivity index (χ2v) is 8.33. The number of rotatable bonds is 3. The van der Waals surface area contributed by atoms with Crippen LogP contribution in [0, 0.1) is 5.92 Å². The molecule has 0 bridgehead atoms. The summed E-state index contributed by atoms with van der Waals surface area (Å²) in [5.41, 5.74) is 6.07. The predicted octanol–water partition coefficient (Wildman–Crippen LogP) is 1.47. The number of guanidine groups is 1. The van der Waals surface area contributed by atoms with Crippen molar-refractivity contribution in [3.63, 3.8) is 0 Å². The van der Waals surface area contributed by atoms with Crippen LogP contribution in [0.5, 0.6) is 0 Å². The molecule has 1 unspecified atom stereocenters. The Hall–Kier alpha value is -0.0900. The molecule has 130 valence electrons. The number of nitrogens with zero attached hydrogens (tertiary/aromatic N) is 3. The molecule has 2 aliphatic heterocycles. The van der Waals surface area contributed by atoms with Crippen LogP contribution in [0.15, 0.2) is 4.99 Å². The third-order valence-corrected chi connectivity index (χ3v) is 5.90. The summed E-state index contributed by atoms with van der Waals surface area (Å²) >= 11 is 0. The lowest BCUT2D eigenvalue weighted by atomic mass is 10.00. The van der Waals surface area contributed by atoms with E-state index < -0.39 is 10.0 Å². The molecule has 2 saturated heterocycles. The Morgan fingerprint density at radius 1 is 1.18 bits per heavy atom. The van der Waals surface area contributed by atoms with Gasteiger partial charge < -0.3 is 10.6 Å². The van der Waals surface area contributed by atoms with Crippen molar-refractivity contribution in [3.05, 3.63) is 0 Å². The summed E-state index contributed by atoms with van der Waals surface area (Å²) in [6, 6.07) is -0.0315. The van der Waals surface area contributed by atoms with Gasteiger partial charge >= 0.3 is 0 Å². The third kappa shape index (κ3) is 5.52. The summed E-state index contributed by atoms with van der Waals surface area (Å²) in [6.45, 7) is 5.26. The quantitative estimate of drug-likeness (QED) is 0.406. The van der Waals surface area contributed by atoms with Crippen molar-refractivity contribution in [1.82, 2.24) is 9.21 Å². The van der Waals surface area contributed by atoms with E-state index in [0.29, 0.717) is 19.0 Å². The van der Waals surface area contributed by atoms with Crippen LogP contribution >= 0.6 is 24.0 Å². The average molecular weight is 444 g/mol. The summed E-state index contributed by atoms with van der Waals surface area (Å²) in [5, 5.41) is 0. The molecule has 2 aliphatic rings. The Morgan fingerprint density at radius 3 is 2.41 bits per heavy atom. The topological polar surface area (TPSA) is 79.0 Å². The Bertz CT molecular complexity index is 475. The number of halogens is 1. The van der Waals surface area contributed by atoms with E-state index in [1.807, 2.05) is 0 Å². The standard InChI is InChI=1S/C14H28N4O2S.HI/c1-12-6-9-17(10-7-12)14(15)16-11-13-5-3-4-8-18(13)21(2,19)20;/h12-13H,3-11H2,1-2H3,(H2,15,16);1H. The minimum atomic E-state index is -3.15. The summed E-state index contributed by atoms with van der Waals surface area (Å²) in [5.74, 6) is 1.33. The van der Waals surface area contributed by atoms with Gasteiger partial charge in [-0.25, -0.2) is 8.42 Å². The fourth-order valence-corrected chi connectivity index (χ4v) is 4.30. The zero-order valence-corrected chi connectivity index (χ0v) is 16.7. The molecule has 0 aromatic heterocycles. The lowest BCUT2D eigenvalue weighted by molar-refractivity contribution is 0.255. The third-order valence-electron chi connectivity index (χ3n) is 4.57. The first-order valence-electron chi connectivity index (χ1n) is 7.89. The summed E-state index contributed by atoms with van der Waals surface area (Å²) in [4.78, 5) is 6.59. The maximum absolute atomic E-state index is 11.8. The molecule has 0 amide bonds. The van der Waals surface area contributed by atoms with E-state index in [4.69, 9.17) is 5.73 Å². The normalized spacial score (nSPS) is 25.8. The highest BCUT2D eigenvalue weighted by Crippen LogP contribution is 2.20. The van der Waals surface area contributed by atoms with Crippen LogP contribution < -0.4 is 5.73 Å². The lowest BCUT2D eigenvalue weighted by Gasteiger charge is -2.34. The molecule has 2 heterocycles. The predicted molar refractivity (Wildman–Crippen MR) is 101 cm³/mol. The van der Waals surface area contributed by atoms with Crippen LogP contribution in [0.3, 0.4) is 0 Å². The fraction of sp³-hybridized carbons (Fsp3) is 0.929. The van der Waals surface area contributed by atoms with Gasteiger partial charge in [0.1, 0.15) is 0 Å². The number of piperidine rings is 2. The zero-order valence-electron chi connectivity index (χ0n) is 13.6. The van der Waals surface area contributed by atoms with Gasteiger partial charge in [-0.1, -0.05) is 13.3 Å². The number of hydrogen-bond donors (Lipinski definition) is 1. The lowest BCUT2D eigenvalue weighted by Crippen LogP contribution is -2.46. The van der Waals surface area contributed by atoms with Crippen molar-refractivity contribution in [2.75, 3.05) is 32.4 Å². The van der Waals surface area contributed by atoms with Gasteiger partial charge in [-0.05, 0) is 31.6 Å². The largest absolute Gasteiger partial charge is 0.370 e. The van der Waals surface area contributed by atoms with Crippen molar-refractivity contribution in [2.24, 2.45) is 16.6 Å². The van der Waals surface area contributed by atoms with Gasteiger partial charge in [0.15, 0.2) is 5.96 Å². The zero-order chi connectivity index (χ0) is 15.5. The Morgan fingerprint density at radius 2 is 1.82 bits per heavy atom. The van der Waals surface area contributed by atoms with Gasteiger partial charge in [-0.2, -0.15) is 4.31 Å². The Kier molecular flexibility index (Phi) is 7.87. The highest BCUT2D eigenvalue weighted by atomic mass is 127. The molecule has 0 aromatic carbocycles. The van der Waals surface area contributed by atoms with Crippen LogP contribution in [0.4, 0.5) is 0 Å². The van der Waals surface area contributed by atoms with Crippen molar-refractivity contribution in [3.8, 4) is 0 Å². The highest BCUT2D eigenvalue weighted by Gasteiger charge is 2.29. The molecule has 2 rings (SSSR count). The van der Waals surface area contributed by atoms with Crippen LogP contribution in [0.1, 0.15) is 39.0 Å². The fourth-order valence-electron chi connectivity index (χ4n) is 3.13. The maximum atomic E-state index is 11.8. The Balaban J connectivity index is 0.00000242. The van der Waals surface area contributed by atoms with E-state index in [9.17, 15) is 8.42 Å². The SMILES string of the molecule is CC1CCN(C(N)=NCC2CCCCN2S(C)(=O)=O)CC1.I. The van der Waals surface area contributed by atoms with Crippen LogP contribution in [0.2, 0.25) is 0 Å². The molecule has 0 saturated carbocycles. The minimum Gasteiger partial charge on any atom is -0.370 e. The van der Waals surface area contributed by atoms with Crippen LogP contribution in [0.25, 0.3) is 0 Å². The first-order valence-corrected chi connectivity index (χ1v) is 9.74. The minimum absolute atomic E-state index is 0. The van der Waals surface area contributed by atoms with E-state index in [1.54, 1.807) is 4.31 Å². The molecular weight excluding hydrogens is 415 g/mol. The Labute approximate surface area is 151 Å². The van der Waals surface area contributed by atoms with E-state index in [2.05, 4.69) is 16.8 Å². The molecule has 0 aliphatic carbocycles. The van der Waals surface area contributed by atoms with E-state index in [1.165, 1.54) is 6.26 Å². The second kappa shape index (κ2) is 8.68. The monoisotopic (exact) mass is 444 g/mol. The summed E-state index contributed by atoms with van der Waals surface area (Å²) in [7, 11) is -3.15. The van der Waals surface area contributed by atoms with Crippen molar-refractivity contribution >= 4 is 40.0 Å². The summed E-state index contributed by atoms with van der Waals surface area (Å²) in [6.07, 6.45) is 6.45. The van der Waals surface area contributed by atoms with Gasteiger partial charge in [0.05, 0.1) is 12.8 Å². The molecule has 0 spiro atoms. The number of hydrogen-bond acceptors (Lipinski definition) is 3. The molecule has 0 aromatic rings. The smallest absolute Gasteiger partial charge is 0.211 e. The summed E-state index contributed by atoms with van der Waals surface area (Å²) < 4.78 is 25.2. The second-order valence-electron chi connectivity index (χ2n) is 6.39. The first-order chi connectivity index (χ1) is 9.88. The molecule has 2 fully saturated rings. The molecule has 8 heteroatoms. The highest BCUT2D eigenvalue weighted by molar-refractivity contribution is 14.0. The van der Waals surface area contributed by atoms with Gasteiger partial charge in [-0.3, -0.25) is 4.99 Å². The van der Waals surface area contributed by atoms with Gasteiger partial charge in [-0.15, -0.1) is 24.0 Å². The maximum Gasteiger partial charge on any atom is 0.211 e. The van der Waals surface area contributed by atoms with Crippen molar-refractivity contribution < 1.29 is 8.42 Å². The number of nitrogens with two attached hydrogens (primary N) is 1. The average Bonchev–Trinajstić information content (AvgIpc) is 2.45. The van der Waals surface area contributed by atoms with Crippen LogP contribution in [-0.2, 0) is 10.0 Å². The van der Waals surface area contributed by atoms with E-state index >= 15 is 0 Å². The van der Waals surface area contributed by atoms with Crippen molar-refractivity contribution in [2.45, 2.75) is 45.1 Å². The molecule has 2 N–H and O–H groups in total. The number of likely N-dealkylation sites (tertiary alicyclic amines) is 1. The molecule has 6 nitrogen and oxygen atoms in total. The first kappa shape index (κ1) is 20.0. The molecule has 1 atom stereocenters. The van der Waals surface area contributed by atoms with Gasteiger partial charge in [0, 0.05) is 25.7 Å².